The lowest BCUT2D eigenvalue weighted by Crippen LogP contribution is -2.04. The lowest BCUT2D eigenvalue weighted by Gasteiger charge is -2.01. The molecule has 0 heterocycles. The van der Waals surface area contributed by atoms with Crippen molar-refractivity contribution < 1.29 is 14.6 Å². The predicted molar refractivity (Wildman–Crippen MR) is 88.3 cm³/mol. The van der Waals surface area contributed by atoms with Gasteiger partial charge in [0.05, 0.1) is 6.61 Å². The summed E-state index contributed by atoms with van der Waals surface area (Å²) in [5.41, 5.74) is 0. The van der Waals surface area contributed by atoms with Crippen molar-refractivity contribution in [2.24, 2.45) is 0 Å². The molecule has 0 aromatic heterocycles. The summed E-state index contributed by atoms with van der Waals surface area (Å²) in [6.07, 6.45) is 19.0. The maximum atomic E-state index is 11.1. The fraction of sp³-hybridized carbons (Fsp3) is 0.833. The molecule has 124 valence electrons. The van der Waals surface area contributed by atoms with E-state index >= 15 is 0 Å². The van der Waals surface area contributed by atoms with E-state index < -0.39 is 0 Å². The van der Waals surface area contributed by atoms with Crippen LogP contribution >= 0.6 is 0 Å². The number of esters is 1. The maximum absolute atomic E-state index is 11.1. The molecular weight excluding hydrogens is 264 g/mol. The average molecular weight is 298 g/mol. The van der Waals surface area contributed by atoms with E-state index in [1.54, 1.807) is 0 Å². The van der Waals surface area contributed by atoms with Crippen molar-refractivity contribution in [2.75, 3.05) is 13.2 Å². The van der Waals surface area contributed by atoms with Crippen LogP contribution in [-0.4, -0.2) is 24.3 Å². The van der Waals surface area contributed by atoms with Crippen LogP contribution in [-0.2, 0) is 9.53 Å². The third-order valence-corrected chi connectivity index (χ3v) is 3.56. The van der Waals surface area contributed by atoms with Gasteiger partial charge in [0.2, 0.25) is 0 Å². The van der Waals surface area contributed by atoms with Crippen LogP contribution < -0.4 is 0 Å². The number of aliphatic hydroxyl groups is 1. The highest BCUT2D eigenvalue weighted by atomic mass is 16.5. The van der Waals surface area contributed by atoms with E-state index in [1.165, 1.54) is 70.3 Å². The number of hydrogen-bond acceptors (Lipinski definition) is 3. The smallest absolute Gasteiger partial charge is 0.330 e. The summed E-state index contributed by atoms with van der Waals surface area (Å²) in [5.74, 6) is -0.355. The van der Waals surface area contributed by atoms with Gasteiger partial charge in [-0.05, 0) is 12.8 Å². The molecule has 0 aliphatic carbocycles. The summed E-state index contributed by atoms with van der Waals surface area (Å²) < 4.78 is 4.72. The molecule has 0 unspecified atom stereocenters. The minimum atomic E-state index is -0.355. The van der Waals surface area contributed by atoms with Crippen molar-refractivity contribution in [1.29, 1.82) is 0 Å². The van der Waals surface area contributed by atoms with Crippen LogP contribution in [0.3, 0.4) is 0 Å². The predicted octanol–water partition coefficient (Wildman–Crippen LogP) is 4.78. The molecule has 0 radical (unpaired) electrons. The summed E-state index contributed by atoms with van der Waals surface area (Å²) in [6.45, 7) is 2.23. The van der Waals surface area contributed by atoms with E-state index in [0.29, 0.717) is 0 Å². The van der Waals surface area contributed by atoms with Gasteiger partial charge in [0.25, 0.3) is 0 Å². The molecule has 21 heavy (non-hydrogen) atoms. The van der Waals surface area contributed by atoms with Gasteiger partial charge in [-0.1, -0.05) is 77.2 Å². The Labute approximate surface area is 130 Å². The summed E-state index contributed by atoms with van der Waals surface area (Å²) in [7, 11) is 0. The summed E-state index contributed by atoms with van der Waals surface area (Å²) in [4.78, 5) is 11.1. The van der Waals surface area contributed by atoms with Crippen LogP contribution in [0.5, 0.6) is 0 Å². The van der Waals surface area contributed by atoms with E-state index in [2.05, 4.69) is 6.92 Å². The second-order valence-corrected chi connectivity index (χ2v) is 5.62. The molecule has 0 saturated heterocycles. The van der Waals surface area contributed by atoms with Gasteiger partial charge in [0.15, 0.2) is 0 Å². The molecule has 0 aliphatic rings. The Morgan fingerprint density at radius 3 is 1.95 bits per heavy atom. The van der Waals surface area contributed by atoms with Gasteiger partial charge < -0.3 is 9.84 Å². The molecule has 0 bridgehead atoms. The molecule has 3 heteroatoms. The molecule has 0 rings (SSSR count). The zero-order valence-corrected chi connectivity index (χ0v) is 13.8. The van der Waals surface area contributed by atoms with Gasteiger partial charge in [-0.2, -0.15) is 0 Å². The normalized spacial score (nSPS) is 11.1. The van der Waals surface area contributed by atoms with Crippen LogP contribution in [0.2, 0.25) is 0 Å². The molecule has 3 nitrogen and oxygen atoms in total. The number of aliphatic hydroxyl groups excluding tert-OH is 1. The van der Waals surface area contributed by atoms with E-state index in [9.17, 15) is 4.79 Å². The molecule has 0 aromatic rings. The molecule has 0 aliphatic heterocycles. The average Bonchev–Trinajstić information content (AvgIpc) is 2.49. The molecule has 1 N–H and O–H groups in total. The maximum Gasteiger partial charge on any atom is 0.330 e. The highest BCUT2D eigenvalue weighted by molar-refractivity contribution is 5.81. The minimum Gasteiger partial charge on any atom is -0.460 e. The Hall–Kier alpha value is -0.830. The molecule has 0 aromatic carbocycles. The second-order valence-electron chi connectivity index (χ2n) is 5.62. The fourth-order valence-electron chi connectivity index (χ4n) is 2.30. The molecular formula is C18H34O3. The quantitative estimate of drug-likeness (QED) is 0.269. The first kappa shape index (κ1) is 20.2. The van der Waals surface area contributed by atoms with Gasteiger partial charge in [-0.15, -0.1) is 0 Å². The third-order valence-electron chi connectivity index (χ3n) is 3.56. The summed E-state index contributed by atoms with van der Waals surface area (Å²) >= 11 is 0. The van der Waals surface area contributed by atoms with Gasteiger partial charge >= 0.3 is 5.97 Å². The van der Waals surface area contributed by atoms with Crippen molar-refractivity contribution >= 4 is 5.97 Å². The van der Waals surface area contributed by atoms with Crippen LogP contribution in [0.4, 0.5) is 0 Å². The first-order valence-corrected chi connectivity index (χ1v) is 8.75. The number of allylic oxidation sites excluding steroid dienone is 1. The zero-order chi connectivity index (χ0) is 15.6. The Morgan fingerprint density at radius 1 is 0.905 bits per heavy atom. The lowest BCUT2D eigenvalue weighted by molar-refractivity contribution is -0.138. The van der Waals surface area contributed by atoms with Gasteiger partial charge in [0, 0.05) is 6.08 Å². The van der Waals surface area contributed by atoms with E-state index in [1.807, 2.05) is 6.08 Å². The first-order valence-electron chi connectivity index (χ1n) is 8.75. The van der Waals surface area contributed by atoms with Crippen LogP contribution in [0, 0.1) is 0 Å². The SMILES string of the molecule is CCCCCCCCCCCCCC=CC(=O)OCCO. The van der Waals surface area contributed by atoms with E-state index in [0.717, 1.165) is 12.8 Å². The Morgan fingerprint density at radius 2 is 1.43 bits per heavy atom. The van der Waals surface area contributed by atoms with Crippen LogP contribution in [0.25, 0.3) is 0 Å². The van der Waals surface area contributed by atoms with Gasteiger partial charge in [-0.3, -0.25) is 0 Å². The topological polar surface area (TPSA) is 46.5 Å². The van der Waals surface area contributed by atoms with Crippen molar-refractivity contribution in [1.82, 2.24) is 0 Å². The Kier molecular flexibility index (Phi) is 16.5. The molecule has 0 atom stereocenters. The Bertz CT molecular complexity index is 249. The van der Waals surface area contributed by atoms with E-state index in [-0.39, 0.29) is 19.2 Å². The van der Waals surface area contributed by atoms with E-state index in [4.69, 9.17) is 9.84 Å². The molecule has 0 saturated carbocycles. The number of carbonyl (C=O) groups excluding carboxylic acids is 1. The first-order chi connectivity index (χ1) is 10.3. The number of ether oxygens (including phenoxy) is 1. The van der Waals surface area contributed by atoms with Crippen LogP contribution in [0.1, 0.15) is 84.0 Å². The lowest BCUT2D eigenvalue weighted by atomic mass is 10.1. The van der Waals surface area contributed by atoms with Crippen molar-refractivity contribution in [3.8, 4) is 0 Å². The van der Waals surface area contributed by atoms with Gasteiger partial charge in [-0.25, -0.2) is 4.79 Å². The number of carbonyl (C=O) groups is 1. The van der Waals surface area contributed by atoms with Crippen molar-refractivity contribution in [2.45, 2.75) is 84.0 Å². The van der Waals surface area contributed by atoms with Crippen LogP contribution in [0.15, 0.2) is 12.2 Å². The summed E-state index contributed by atoms with van der Waals surface area (Å²) in [5, 5.41) is 8.50. The van der Waals surface area contributed by atoms with Crippen molar-refractivity contribution in [3.05, 3.63) is 12.2 Å². The molecule has 0 spiro atoms. The highest BCUT2D eigenvalue weighted by Gasteiger charge is 1.95. The van der Waals surface area contributed by atoms with Crippen molar-refractivity contribution in [3.63, 3.8) is 0 Å². The zero-order valence-electron chi connectivity index (χ0n) is 13.8. The number of rotatable bonds is 15. The highest BCUT2D eigenvalue weighted by Crippen LogP contribution is 2.11. The number of unbranched alkanes of at least 4 members (excludes halogenated alkanes) is 11. The fourth-order valence-corrected chi connectivity index (χ4v) is 2.30. The van der Waals surface area contributed by atoms with Gasteiger partial charge in [0.1, 0.15) is 6.61 Å². The third kappa shape index (κ3) is 17.1. The Balaban J connectivity index is 3.15. The standard InChI is InChI=1S/C18H34O3/c1-2-3-4-5-6-7-8-9-10-11-12-13-14-15-18(20)21-17-16-19/h14-15,19H,2-13,16-17H2,1H3. The monoisotopic (exact) mass is 298 g/mol. The minimum absolute atomic E-state index is 0.0849. The molecule has 0 fully saturated rings. The summed E-state index contributed by atoms with van der Waals surface area (Å²) in [6, 6.07) is 0. The second kappa shape index (κ2) is 17.2. The number of hydrogen-bond donors (Lipinski definition) is 1. The molecule has 0 amide bonds. The largest absolute Gasteiger partial charge is 0.460 e.